The average Bonchev–Trinajstić information content (AvgIpc) is 2.87. The Bertz CT molecular complexity index is 334. The summed E-state index contributed by atoms with van der Waals surface area (Å²) in [4.78, 5) is 25.3. The van der Waals surface area contributed by atoms with Gasteiger partial charge >= 0.3 is 0 Å². The molecule has 4 nitrogen and oxygen atoms in total. The van der Waals surface area contributed by atoms with Gasteiger partial charge in [-0.15, -0.1) is 0 Å². The molecule has 80 valence electrons. The summed E-state index contributed by atoms with van der Waals surface area (Å²) < 4.78 is 0. The third kappa shape index (κ3) is 1.00. The van der Waals surface area contributed by atoms with Gasteiger partial charge in [0.25, 0.3) is 0 Å². The molecule has 3 rings (SSSR count). The molecule has 2 N–H and O–H groups in total. The Labute approximate surface area is 88.1 Å². The van der Waals surface area contributed by atoms with E-state index < -0.39 is 0 Å². The highest BCUT2D eigenvalue weighted by molar-refractivity contribution is 6.06. The number of likely N-dealkylation sites (tertiary alicyclic amines) is 1. The fourth-order valence-corrected chi connectivity index (χ4v) is 3.31. The number of carbonyl (C=O) groups excluding carboxylic acids is 2. The van der Waals surface area contributed by atoms with E-state index in [-0.39, 0.29) is 23.7 Å². The fourth-order valence-electron chi connectivity index (χ4n) is 3.31. The first-order valence-corrected chi connectivity index (χ1v) is 5.47. The van der Waals surface area contributed by atoms with Gasteiger partial charge in [-0.3, -0.25) is 14.5 Å². The van der Waals surface area contributed by atoms with Crippen LogP contribution >= 0.6 is 0 Å². The number of hydrogen-bond acceptors (Lipinski definition) is 3. The number of nitrogens with two attached hydrogens (primary N) is 1. The van der Waals surface area contributed by atoms with E-state index in [4.69, 9.17) is 5.73 Å². The molecule has 0 spiro atoms. The normalized spacial score (nSPS) is 41.8. The Hall–Kier alpha value is -1.16. The second kappa shape index (κ2) is 2.92. The van der Waals surface area contributed by atoms with Crippen molar-refractivity contribution in [3.63, 3.8) is 0 Å². The summed E-state index contributed by atoms with van der Waals surface area (Å²) in [5.74, 6) is 0.483. The second-order valence-corrected chi connectivity index (χ2v) is 4.62. The lowest BCUT2D eigenvalue weighted by Gasteiger charge is -2.15. The third-order valence-corrected chi connectivity index (χ3v) is 3.91. The zero-order chi connectivity index (χ0) is 10.6. The van der Waals surface area contributed by atoms with Gasteiger partial charge in [-0.05, 0) is 18.3 Å². The summed E-state index contributed by atoms with van der Waals surface area (Å²) in [7, 11) is 0. The van der Waals surface area contributed by atoms with Crippen molar-refractivity contribution in [2.75, 3.05) is 13.1 Å². The molecule has 1 aliphatic heterocycles. The highest BCUT2D eigenvalue weighted by Gasteiger charge is 2.58. The van der Waals surface area contributed by atoms with Crippen molar-refractivity contribution in [3.8, 4) is 0 Å². The van der Waals surface area contributed by atoms with Crippen LogP contribution < -0.4 is 5.73 Å². The van der Waals surface area contributed by atoms with Crippen molar-refractivity contribution in [2.45, 2.75) is 6.42 Å². The number of amides is 2. The summed E-state index contributed by atoms with van der Waals surface area (Å²) in [6.45, 7) is 0.740. The summed E-state index contributed by atoms with van der Waals surface area (Å²) in [5.41, 5.74) is 5.41. The SMILES string of the molecule is NCCN1C(=O)[C@@H]2[C@@H](C1=O)[C@H]1C=C[C@H]2C1. The van der Waals surface area contributed by atoms with Gasteiger partial charge in [0.05, 0.1) is 11.8 Å². The van der Waals surface area contributed by atoms with Gasteiger partial charge in [-0.2, -0.15) is 0 Å². The molecule has 0 aromatic heterocycles. The zero-order valence-electron chi connectivity index (χ0n) is 8.43. The molecule has 2 fully saturated rings. The molecule has 1 saturated heterocycles. The fraction of sp³-hybridized carbons (Fsp3) is 0.636. The number of allylic oxidation sites excluding steroid dienone is 2. The minimum atomic E-state index is -0.0703. The Morgan fingerprint density at radius 1 is 1.20 bits per heavy atom. The maximum absolute atomic E-state index is 12.0. The second-order valence-electron chi connectivity index (χ2n) is 4.62. The lowest BCUT2D eigenvalue weighted by Crippen LogP contribution is -2.36. The molecule has 0 radical (unpaired) electrons. The van der Waals surface area contributed by atoms with Gasteiger partial charge < -0.3 is 5.73 Å². The molecular weight excluding hydrogens is 192 g/mol. The van der Waals surface area contributed by atoms with E-state index in [9.17, 15) is 9.59 Å². The first-order chi connectivity index (χ1) is 7.24. The predicted octanol–water partition coefficient (Wildman–Crippen LogP) is -0.248. The Morgan fingerprint density at radius 2 is 1.73 bits per heavy atom. The summed E-state index contributed by atoms with van der Waals surface area (Å²) >= 11 is 0. The quantitative estimate of drug-likeness (QED) is 0.500. The molecule has 4 atom stereocenters. The van der Waals surface area contributed by atoms with E-state index in [1.165, 1.54) is 4.90 Å². The number of nitrogens with zero attached hydrogens (tertiary/aromatic N) is 1. The van der Waals surface area contributed by atoms with Crippen LogP contribution in [0, 0.1) is 23.7 Å². The van der Waals surface area contributed by atoms with Crippen LogP contribution in [0.4, 0.5) is 0 Å². The van der Waals surface area contributed by atoms with Crippen LogP contribution in [0.25, 0.3) is 0 Å². The number of imide groups is 1. The molecule has 2 amide bonds. The van der Waals surface area contributed by atoms with Gasteiger partial charge in [-0.25, -0.2) is 0 Å². The van der Waals surface area contributed by atoms with Crippen LogP contribution in [0.5, 0.6) is 0 Å². The van der Waals surface area contributed by atoms with Gasteiger partial charge in [-0.1, -0.05) is 12.2 Å². The van der Waals surface area contributed by atoms with Crippen molar-refractivity contribution in [1.82, 2.24) is 4.90 Å². The Kier molecular flexibility index (Phi) is 1.77. The van der Waals surface area contributed by atoms with Crippen LogP contribution in [-0.4, -0.2) is 29.8 Å². The monoisotopic (exact) mass is 206 g/mol. The summed E-state index contributed by atoms with van der Waals surface area (Å²) in [6.07, 6.45) is 5.19. The maximum Gasteiger partial charge on any atom is 0.233 e. The Balaban J connectivity index is 1.93. The van der Waals surface area contributed by atoms with Gasteiger partial charge in [0.15, 0.2) is 0 Å². The van der Waals surface area contributed by atoms with E-state index in [0.717, 1.165) is 6.42 Å². The van der Waals surface area contributed by atoms with Crippen LogP contribution in [-0.2, 0) is 9.59 Å². The molecule has 1 heterocycles. The number of carbonyl (C=O) groups is 2. The number of fused-ring (bicyclic) bond motifs is 5. The smallest absolute Gasteiger partial charge is 0.233 e. The number of hydrogen-bond donors (Lipinski definition) is 1. The van der Waals surface area contributed by atoms with Crippen LogP contribution in [0.15, 0.2) is 12.2 Å². The predicted molar refractivity (Wildman–Crippen MR) is 53.5 cm³/mol. The van der Waals surface area contributed by atoms with Crippen LogP contribution in [0.2, 0.25) is 0 Å². The van der Waals surface area contributed by atoms with Gasteiger partial charge in [0.2, 0.25) is 11.8 Å². The van der Waals surface area contributed by atoms with Crippen molar-refractivity contribution < 1.29 is 9.59 Å². The van der Waals surface area contributed by atoms with E-state index in [1.54, 1.807) is 0 Å². The van der Waals surface area contributed by atoms with Crippen molar-refractivity contribution in [1.29, 1.82) is 0 Å². The minimum absolute atomic E-state index is 0.00676. The van der Waals surface area contributed by atoms with E-state index in [1.807, 2.05) is 0 Å². The van der Waals surface area contributed by atoms with Gasteiger partial charge in [0.1, 0.15) is 0 Å². The number of rotatable bonds is 2. The van der Waals surface area contributed by atoms with Crippen molar-refractivity contribution in [3.05, 3.63) is 12.2 Å². The van der Waals surface area contributed by atoms with Crippen molar-refractivity contribution >= 4 is 11.8 Å². The molecule has 15 heavy (non-hydrogen) atoms. The molecule has 0 aromatic carbocycles. The average molecular weight is 206 g/mol. The topological polar surface area (TPSA) is 63.4 Å². The standard InChI is InChI=1S/C11H14N2O2/c12-3-4-13-10(14)8-6-1-2-7(5-6)9(8)11(13)15/h1-2,6-9H,3-5,12H2/t6-,7-,8-,9-/m0/s1. The molecule has 2 aliphatic carbocycles. The molecule has 4 heteroatoms. The highest BCUT2D eigenvalue weighted by atomic mass is 16.2. The lowest BCUT2D eigenvalue weighted by atomic mass is 9.85. The van der Waals surface area contributed by atoms with Crippen LogP contribution in [0.1, 0.15) is 6.42 Å². The minimum Gasteiger partial charge on any atom is -0.329 e. The third-order valence-electron chi connectivity index (χ3n) is 3.91. The molecular formula is C11H14N2O2. The maximum atomic E-state index is 12.0. The zero-order valence-corrected chi connectivity index (χ0v) is 8.43. The van der Waals surface area contributed by atoms with E-state index in [2.05, 4.69) is 12.2 Å². The van der Waals surface area contributed by atoms with E-state index >= 15 is 0 Å². The molecule has 3 aliphatic rings. The molecule has 0 unspecified atom stereocenters. The van der Waals surface area contributed by atoms with Gasteiger partial charge in [0, 0.05) is 13.1 Å². The molecule has 2 bridgehead atoms. The summed E-state index contributed by atoms with van der Waals surface area (Å²) in [5, 5.41) is 0. The van der Waals surface area contributed by atoms with E-state index in [0.29, 0.717) is 24.9 Å². The Morgan fingerprint density at radius 3 is 2.20 bits per heavy atom. The lowest BCUT2D eigenvalue weighted by molar-refractivity contribution is -0.140. The molecule has 0 aromatic rings. The molecule has 1 saturated carbocycles. The largest absolute Gasteiger partial charge is 0.329 e. The van der Waals surface area contributed by atoms with Crippen molar-refractivity contribution in [2.24, 2.45) is 29.4 Å². The first-order valence-electron chi connectivity index (χ1n) is 5.47. The first kappa shape index (κ1) is 9.09. The van der Waals surface area contributed by atoms with Crippen LogP contribution in [0.3, 0.4) is 0 Å². The summed E-state index contributed by atoms with van der Waals surface area (Å²) in [6, 6.07) is 0. The highest BCUT2D eigenvalue weighted by Crippen LogP contribution is 2.52.